The highest BCUT2D eigenvalue weighted by atomic mass is 35.5. The maximum atomic E-state index is 6.04. The predicted octanol–water partition coefficient (Wildman–Crippen LogP) is 4.17. The van der Waals surface area contributed by atoms with Crippen LogP contribution in [-0.2, 0) is 6.42 Å². The van der Waals surface area contributed by atoms with Gasteiger partial charge in [0, 0.05) is 6.54 Å². The number of fused-ring (bicyclic) bond motifs is 1. The maximum absolute atomic E-state index is 6.04. The monoisotopic (exact) mass is 384 g/mol. The number of halogens is 2. The summed E-state index contributed by atoms with van der Waals surface area (Å²) in [6.45, 7) is 0.663. The zero-order chi connectivity index (χ0) is 17.9. The van der Waals surface area contributed by atoms with Crippen molar-refractivity contribution in [3.8, 4) is 5.69 Å². The van der Waals surface area contributed by atoms with Crippen LogP contribution < -0.4 is 5.32 Å². The van der Waals surface area contributed by atoms with Crippen molar-refractivity contribution in [2.75, 3.05) is 11.9 Å². The zero-order valence-corrected chi connectivity index (χ0v) is 15.1. The smallest absolute Gasteiger partial charge is 0.224 e. The van der Waals surface area contributed by atoms with Crippen LogP contribution in [0.25, 0.3) is 16.9 Å². The van der Waals surface area contributed by atoms with Crippen molar-refractivity contribution in [3.63, 3.8) is 0 Å². The number of nitrogens with one attached hydrogen (secondary N) is 1. The number of benzene rings is 2. The molecule has 4 rings (SSSR count). The molecule has 0 amide bonds. The molecule has 1 N–H and O–H groups in total. The van der Waals surface area contributed by atoms with Crippen LogP contribution in [0.1, 0.15) is 5.56 Å². The second kappa shape index (κ2) is 7.27. The molecule has 0 saturated heterocycles. The van der Waals surface area contributed by atoms with Gasteiger partial charge in [0.2, 0.25) is 5.95 Å². The van der Waals surface area contributed by atoms with E-state index in [0.717, 1.165) is 17.7 Å². The summed E-state index contributed by atoms with van der Waals surface area (Å²) in [5.74, 6) is 0.525. The predicted molar refractivity (Wildman–Crippen MR) is 103 cm³/mol. The highest BCUT2D eigenvalue weighted by molar-refractivity contribution is 6.42. The fourth-order valence-corrected chi connectivity index (χ4v) is 2.89. The van der Waals surface area contributed by atoms with Gasteiger partial charge in [0.25, 0.3) is 0 Å². The Bertz CT molecular complexity index is 1050. The summed E-state index contributed by atoms with van der Waals surface area (Å²) in [5, 5.41) is 12.6. The molecule has 8 heteroatoms. The second-order valence-corrected chi connectivity index (χ2v) is 6.48. The van der Waals surface area contributed by atoms with Crippen molar-refractivity contribution in [2.24, 2.45) is 0 Å². The average Bonchev–Trinajstić information content (AvgIpc) is 3.09. The van der Waals surface area contributed by atoms with Crippen molar-refractivity contribution in [3.05, 3.63) is 70.3 Å². The van der Waals surface area contributed by atoms with E-state index in [1.165, 1.54) is 0 Å². The Balaban J connectivity index is 1.51. The Morgan fingerprint density at radius 3 is 2.65 bits per heavy atom. The van der Waals surface area contributed by atoms with E-state index < -0.39 is 0 Å². The van der Waals surface area contributed by atoms with Gasteiger partial charge >= 0.3 is 0 Å². The first-order chi connectivity index (χ1) is 12.7. The average molecular weight is 385 g/mol. The van der Waals surface area contributed by atoms with Crippen molar-refractivity contribution in [2.45, 2.75) is 6.42 Å². The van der Waals surface area contributed by atoms with Gasteiger partial charge in [0.15, 0.2) is 11.2 Å². The largest absolute Gasteiger partial charge is 0.354 e. The molecule has 4 aromatic rings. The van der Waals surface area contributed by atoms with E-state index >= 15 is 0 Å². The molecule has 2 heterocycles. The first-order valence-electron chi connectivity index (χ1n) is 8.02. The minimum Gasteiger partial charge on any atom is -0.354 e. The van der Waals surface area contributed by atoms with E-state index in [9.17, 15) is 0 Å². The number of hydrogen-bond donors (Lipinski definition) is 1. The summed E-state index contributed by atoms with van der Waals surface area (Å²) >= 11 is 12.0. The molecule has 2 aromatic heterocycles. The first kappa shape index (κ1) is 16.8. The van der Waals surface area contributed by atoms with Gasteiger partial charge in [0.05, 0.1) is 21.9 Å². The van der Waals surface area contributed by atoms with E-state index in [0.29, 0.717) is 33.7 Å². The van der Waals surface area contributed by atoms with Crippen LogP contribution in [0.5, 0.6) is 0 Å². The third kappa shape index (κ3) is 3.47. The van der Waals surface area contributed by atoms with E-state index in [1.807, 2.05) is 42.5 Å². The quantitative estimate of drug-likeness (QED) is 0.559. The Morgan fingerprint density at radius 1 is 1.00 bits per heavy atom. The molecule has 0 radical (unpaired) electrons. The molecule has 0 fully saturated rings. The van der Waals surface area contributed by atoms with E-state index in [4.69, 9.17) is 23.2 Å². The molecule has 6 nitrogen and oxygen atoms in total. The van der Waals surface area contributed by atoms with Gasteiger partial charge in [-0.1, -0.05) is 52.7 Å². The van der Waals surface area contributed by atoms with Gasteiger partial charge in [-0.05, 0) is 36.2 Å². The van der Waals surface area contributed by atoms with Crippen LogP contribution in [0.3, 0.4) is 0 Å². The summed E-state index contributed by atoms with van der Waals surface area (Å²) < 4.78 is 1.70. The minimum absolute atomic E-state index is 0.525. The topological polar surface area (TPSA) is 68.5 Å². The lowest BCUT2D eigenvalue weighted by atomic mass is 10.1. The number of para-hydroxylation sites is 1. The third-order valence-electron chi connectivity index (χ3n) is 3.87. The molecular formula is C18H14Cl2N6. The normalized spacial score (nSPS) is 11.0. The Morgan fingerprint density at radius 2 is 1.85 bits per heavy atom. The number of aromatic nitrogens is 5. The second-order valence-electron chi connectivity index (χ2n) is 5.66. The summed E-state index contributed by atoms with van der Waals surface area (Å²) in [6, 6.07) is 15.4. The minimum atomic E-state index is 0.525. The summed E-state index contributed by atoms with van der Waals surface area (Å²) in [5.41, 5.74) is 3.28. The molecule has 0 aliphatic carbocycles. The lowest BCUT2D eigenvalue weighted by molar-refractivity contribution is 0.817. The summed E-state index contributed by atoms with van der Waals surface area (Å²) in [4.78, 5) is 8.83. The van der Waals surface area contributed by atoms with Gasteiger partial charge in [-0.2, -0.15) is 9.67 Å². The van der Waals surface area contributed by atoms with Crippen LogP contribution in [0.15, 0.2) is 54.7 Å². The van der Waals surface area contributed by atoms with Gasteiger partial charge in [-0.25, -0.2) is 4.98 Å². The molecule has 130 valence electrons. The number of hydrogen-bond acceptors (Lipinski definition) is 5. The van der Waals surface area contributed by atoms with Gasteiger partial charge in [-0.15, -0.1) is 5.10 Å². The van der Waals surface area contributed by atoms with E-state index in [-0.39, 0.29) is 0 Å². The van der Waals surface area contributed by atoms with Crippen molar-refractivity contribution < 1.29 is 0 Å². The fraction of sp³-hybridized carbons (Fsp3) is 0.111. The van der Waals surface area contributed by atoms with Crippen LogP contribution >= 0.6 is 23.2 Å². The lowest BCUT2D eigenvalue weighted by Crippen LogP contribution is -2.08. The molecule has 0 saturated carbocycles. The number of nitrogens with zero attached hydrogens (tertiary/aromatic N) is 5. The Kier molecular flexibility index (Phi) is 4.69. The van der Waals surface area contributed by atoms with Gasteiger partial charge in [-0.3, -0.25) is 0 Å². The van der Waals surface area contributed by atoms with Gasteiger partial charge in [0.1, 0.15) is 0 Å². The summed E-state index contributed by atoms with van der Waals surface area (Å²) in [7, 11) is 0. The summed E-state index contributed by atoms with van der Waals surface area (Å²) in [6.07, 6.45) is 2.44. The van der Waals surface area contributed by atoms with Crippen LogP contribution in [-0.4, -0.2) is 31.5 Å². The number of rotatable bonds is 5. The third-order valence-corrected chi connectivity index (χ3v) is 4.61. The van der Waals surface area contributed by atoms with Crippen molar-refractivity contribution in [1.29, 1.82) is 0 Å². The molecule has 0 aliphatic rings. The van der Waals surface area contributed by atoms with Crippen molar-refractivity contribution >= 4 is 40.3 Å². The highest BCUT2D eigenvalue weighted by Crippen LogP contribution is 2.22. The van der Waals surface area contributed by atoms with Crippen LogP contribution in [0.4, 0.5) is 5.95 Å². The van der Waals surface area contributed by atoms with Gasteiger partial charge < -0.3 is 5.32 Å². The molecule has 0 bridgehead atoms. The van der Waals surface area contributed by atoms with E-state index in [1.54, 1.807) is 16.9 Å². The molecule has 0 spiro atoms. The molecule has 26 heavy (non-hydrogen) atoms. The SMILES string of the molecule is Clc1ccc(CCNc2ncc3nnn(-c4ccccc4)c3n2)cc1Cl. The highest BCUT2D eigenvalue weighted by Gasteiger charge is 2.09. The first-order valence-corrected chi connectivity index (χ1v) is 8.78. The fourth-order valence-electron chi connectivity index (χ4n) is 2.57. The molecule has 2 aromatic carbocycles. The molecule has 0 aliphatic heterocycles. The standard InChI is InChI=1S/C18H14Cl2N6/c19-14-7-6-12(10-15(14)20)8-9-21-18-22-11-16-17(23-18)26(25-24-16)13-4-2-1-3-5-13/h1-7,10-11H,8-9H2,(H,21,22,23). The molecule has 0 atom stereocenters. The van der Waals surface area contributed by atoms with E-state index in [2.05, 4.69) is 25.6 Å². The zero-order valence-electron chi connectivity index (χ0n) is 13.6. The van der Waals surface area contributed by atoms with Crippen molar-refractivity contribution in [1.82, 2.24) is 25.0 Å². The molecular weight excluding hydrogens is 371 g/mol. The maximum Gasteiger partial charge on any atom is 0.224 e. The lowest BCUT2D eigenvalue weighted by Gasteiger charge is -2.06. The Labute approximate surface area is 159 Å². The van der Waals surface area contributed by atoms with Crippen LogP contribution in [0.2, 0.25) is 10.0 Å². The van der Waals surface area contributed by atoms with Crippen LogP contribution in [0, 0.1) is 0 Å². The Hall–Kier alpha value is -2.70. The molecule has 0 unspecified atom stereocenters. The number of anilines is 1.